The third-order valence-corrected chi connectivity index (χ3v) is 1.85. The monoisotopic (exact) mass is 129 g/mol. The summed E-state index contributed by atoms with van der Waals surface area (Å²) in [5.74, 6) is 0.268. The molecular weight excluding hydrogens is 118 g/mol. The molecule has 1 fully saturated rings. The molecule has 3 heteroatoms. The van der Waals surface area contributed by atoms with Crippen LogP contribution in [0.5, 0.6) is 0 Å². The van der Waals surface area contributed by atoms with E-state index < -0.39 is 0 Å². The van der Waals surface area contributed by atoms with E-state index in [9.17, 15) is 4.79 Å². The van der Waals surface area contributed by atoms with Crippen LogP contribution in [0.15, 0.2) is 0 Å². The van der Waals surface area contributed by atoms with E-state index >= 15 is 0 Å². The van der Waals surface area contributed by atoms with Gasteiger partial charge in [0.1, 0.15) is 0 Å². The number of carbonyl (C=O) groups is 1. The molecule has 1 atom stereocenters. The quantitative estimate of drug-likeness (QED) is 0.422. The molecule has 1 rings (SSSR count). The molecule has 52 valence electrons. The predicted octanol–water partition coefficient (Wildman–Crippen LogP) is 0.538. The van der Waals surface area contributed by atoms with E-state index in [-0.39, 0.29) is 11.8 Å². The minimum atomic E-state index is -0.252. The van der Waals surface area contributed by atoms with Crippen molar-refractivity contribution in [1.82, 2.24) is 5.48 Å². The molecule has 9 heavy (non-hydrogen) atoms. The van der Waals surface area contributed by atoms with Crippen molar-refractivity contribution >= 4 is 5.91 Å². The van der Waals surface area contributed by atoms with Crippen LogP contribution in [0.4, 0.5) is 0 Å². The van der Waals surface area contributed by atoms with E-state index in [4.69, 9.17) is 5.21 Å². The summed E-state index contributed by atoms with van der Waals surface area (Å²) >= 11 is 0. The Balaban J connectivity index is 2.30. The molecule has 1 aliphatic rings. The summed E-state index contributed by atoms with van der Waals surface area (Å²) in [6.45, 7) is 1.84. The van der Waals surface area contributed by atoms with Gasteiger partial charge in [-0.15, -0.1) is 0 Å². The van der Waals surface area contributed by atoms with Crippen molar-refractivity contribution in [2.75, 3.05) is 0 Å². The van der Waals surface area contributed by atoms with Crippen LogP contribution in [0.25, 0.3) is 0 Å². The normalized spacial score (nSPS) is 21.1. The molecule has 1 aliphatic carbocycles. The Morgan fingerprint density at radius 1 is 1.78 bits per heavy atom. The summed E-state index contributed by atoms with van der Waals surface area (Å²) in [7, 11) is 0. The molecule has 0 bridgehead atoms. The van der Waals surface area contributed by atoms with Crippen molar-refractivity contribution in [3.63, 3.8) is 0 Å². The van der Waals surface area contributed by atoms with Gasteiger partial charge in [0.25, 0.3) is 0 Å². The summed E-state index contributed by atoms with van der Waals surface area (Å²) in [5.41, 5.74) is 1.65. The van der Waals surface area contributed by atoms with Gasteiger partial charge in [0.2, 0.25) is 5.91 Å². The highest BCUT2D eigenvalue weighted by Gasteiger charge is 2.32. The van der Waals surface area contributed by atoms with Crippen LogP contribution >= 0.6 is 0 Å². The van der Waals surface area contributed by atoms with Crippen molar-refractivity contribution in [3.05, 3.63) is 0 Å². The van der Waals surface area contributed by atoms with E-state index in [2.05, 4.69) is 0 Å². The number of amides is 1. The van der Waals surface area contributed by atoms with E-state index in [1.54, 1.807) is 5.48 Å². The topological polar surface area (TPSA) is 49.3 Å². The maximum atomic E-state index is 10.6. The first kappa shape index (κ1) is 6.55. The van der Waals surface area contributed by atoms with Crippen LogP contribution in [0, 0.1) is 11.8 Å². The Kier molecular flexibility index (Phi) is 1.71. The largest absolute Gasteiger partial charge is 0.289 e. The summed E-state index contributed by atoms with van der Waals surface area (Å²) < 4.78 is 0. The van der Waals surface area contributed by atoms with Crippen LogP contribution < -0.4 is 5.48 Å². The van der Waals surface area contributed by atoms with E-state index in [1.165, 1.54) is 0 Å². The first-order chi connectivity index (χ1) is 4.25. The molecule has 0 radical (unpaired) electrons. The molecule has 1 unspecified atom stereocenters. The number of nitrogens with one attached hydrogen (secondary N) is 1. The second-order valence-electron chi connectivity index (χ2n) is 2.60. The minimum Gasteiger partial charge on any atom is -0.289 e. The molecule has 0 aromatic carbocycles. The molecule has 0 spiro atoms. The van der Waals surface area contributed by atoms with Gasteiger partial charge in [-0.3, -0.25) is 10.0 Å². The Bertz CT molecular complexity index is 120. The third kappa shape index (κ3) is 1.42. The molecule has 1 amide bonds. The van der Waals surface area contributed by atoms with Crippen LogP contribution in [0.1, 0.15) is 19.8 Å². The first-order valence-electron chi connectivity index (χ1n) is 3.19. The lowest BCUT2D eigenvalue weighted by Gasteiger charge is -2.04. The van der Waals surface area contributed by atoms with Gasteiger partial charge in [-0.05, 0) is 18.8 Å². The maximum Gasteiger partial charge on any atom is 0.246 e. The van der Waals surface area contributed by atoms with E-state index in [1.807, 2.05) is 6.92 Å². The molecule has 1 saturated carbocycles. The summed E-state index contributed by atoms with van der Waals surface area (Å²) in [5, 5.41) is 8.18. The number of hydroxylamine groups is 1. The zero-order valence-electron chi connectivity index (χ0n) is 5.42. The number of hydrogen-bond donors (Lipinski definition) is 2. The van der Waals surface area contributed by atoms with Crippen molar-refractivity contribution in [2.45, 2.75) is 19.8 Å². The number of rotatable bonds is 2. The standard InChI is InChI=1S/C6H11NO2/c1-4(5-2-3-5)6(8)7-9/h4-5,9H,2-3H2,1H3,(H,7,8). The minimum absolute atomic E-state index is 0.00463. The zero-order chi connectivity index (χ0) is 6.85. The predicted molar refractivity (Wildman–Crippen MR) is 31.8 cm³/mol. The average molecular weight is 129 g/mol. The van der Waals surface area contributed by atoms with E-state index in [0.29, 0.717) is 5.92 Å². The zero-order valence-corrected chi connectivity index (χ0v) is 5.42. The van der Waals surface area contributed by atoms with Crippen molar-refractivity contribution in [3.8, 4) is 0 Å². The van der Waals surface area contributed by atoms with Crippen molar-refractivity contribution in [2.24, 2.45) is 11.8 Å². The lowest BCUT2D eigenvalue weighted by atomic mass is 10.1. The first-order valence-corrected chi connectivity index (χ1v) is 3.19. The second kappa shape index (κ2) is 2.35. The summed E-state index contributed by atoms with van der Waals surface area (Å²) in [6.07, 6.45) is 2.27. The van der Waals surface area contributed by atoms with Gasteiger partial charge in [0, 0.05) is 5.92 Å². The van der Waals surface area contributed by atoms with Crippen LogP contribution in [-0.4, -0.2) is 11.1 Å². The van der Waals surface area contributed by atoms with Gasteiger partial charge in [-0.25, -0.2) is 5.48 Å². The highest BCUT2D eigenvalue weighted by molar-refractivity contribution is 5.77. The Morgan fingerprint density at radius 2 is 2.33 bits per heavy atom. The Hall–Kier alpha value is -0.570. The fourth-order valence-electron chi connectivity index (χ4n) is 0.912. The van der Waals surface area contributed by atoms with Crippen LogP contribution in [0.3, 0.4) is 0 Å². The molecular formula is C6H11NO2. The molecule has 3 nitrogen and oxygen atoms in total. The molecule has 0 aliphatic heterocycles. The Morgan fingerprint density at radius 3 is 2.67 bits per heavy atom. The number of carbonyl (C=O) groups excluding carboxylic acids is 1. The SMILES string of the molecule is CC(C(=O)NO)C1CC1. The van der Waals surface area contributed by atoms with E-state index in [0.717, 1.165) is 12.8 Å². The third-order valence-electron chi connectivity index (χ3n) is 1.85. The molecule has 2 N–H and O–H groups in total. The fourth-order valence-corrected chi connectivity index (χ4v) is 0.912. The van der Waals surface area contributed by atoms with Gasteiger partial charge in [-0.2, -0.15) is 0 Å². The van der Waals surface area contributed by atoms with Crippen LogP contribution in [0.2, 0.25) is 0 Å². The molecule has 0 aromatic heterocycles. The average Bonchev–Trinajstić information content (AvgIpc) is 2.66. The highest BCUT2D eigenvalue weighted by Crippen LogP contribution is 2.36. The molecule has 0 aromatic rings. The highest BCUT2D eigenvalue weighted by atomic mass is 16.5. The lowest BCUT2D eigenvalue weighted by molar-refractivity contribution is -0.133. The summed E-state index contributed by atoms with van der Waals surface area (Å²) in [6, 6.07) is 0. The number of hydrogen-bond acceptors (Lipinski definition) is 2. The Labute approximate surface area is 54.0 Å². The maximum absolute atomic E-state index is 10.6. The molecule has 0 saturated heterocycles. The second-order valence-corrected chi connectivity index (χ2v) is 2.60. The van der Waals surface area contributed by atoms with Gasteiger partial charge >= 0.3 is 0 Å². The fraction of sp³-hybridized carbons (Fsp3) is 0.833. The smallest absolute Gasteiger partial charge is 0.246 e. The van der Waals surface area contributed by atoms with Gasteiger partial charge in [0.05, 0.1) is 0 Å². The lowest BCUT2D eigenvalue weighted by Crippen LogP contribution is -2.26. The summed E-state index contributed by atoms with van der Waals surface area (Å²) in [4.78, 5) is 10.6. The van der Waals surface area contributed by atoms with Gasteiger partial charge in [0.15, 0.2) is 0 Å². The van der Waals surface area contributed by atoms with Crippen molar-refractivity contribution in [1.29, 1.82) is 0 Å². The van der Waals surface area contributed by atoms with Crippen molar-refractivity contribution < 1.29 is 10.0 Å². The molecule has 0 heterocycles. The van der Waals surface area contributed by atoms with Gasteiger partial charge < -0.3 is 0 Å². The van der Waals surface area contributed by atoms with Gasteiger partial charge in [-0.1, -0.05) is 6.92 Å². The van der Waals surface area contributed by atoms with Crippen LogP contribution in [-0.2, 0) is 4.79 Å².